The first-order valence-electron chi connectivity index (χ1n) is 5.64. The minimum absolute atomic E-state index is 0.703. The molecular weight excluding hydrogens is 144 g/mol. The van der Waals surface area contributed by atoms with Crippen molar-refractivity contribution in [3.8, 4) is 0 Å². The molecule has 3 unspecified atom stereocenters. The van der Waals surface area contributed by atoms with E-state index < -0.39 is 0 Å². The average Bonchev–Trinajstić information content (AvgIpc) is 2.04. The zero-order valence-corrected chi connectivity index (χ0v) is 9.19. The van der Waals surface area contributed by atoms with Crippen LogP contribution in [-0.2, 0) is 0 Å². The van der Waals surface area contributed by atoms with Gasteiger partial charge in [0.25, 0.3) is 0 Å². The summed E-state index contributed by atoms with van der Waals surface area (Å²) in [6.07, 6.45) is 7.13. The molecule has 0 heteroatoms. The Morgan fingerprint density at radius 1 is 1.25 bits per heavy atom. The van der Waals surface area contributed by atoms with E-state index >= 15 is 0 Å². The Kier molecular flexibility index (Phi) is 3.20. The van der Waals surface area contributed by atoms with Crippen LogP contribution < -0.4 is 0 Å². The molecule has 1 saturated carbocycles. The Bertz CT molecular complexity index is 139. The summed E-state index contributed by atoms with van der Waals surface area (Å²) in [4.78, 5) is 0. The molecule has 3 atom stereocenters. The van der Waals surface area contributed by atoms with Crippen LogP contribution in [0.5, 0.6) is 0 Å². The fraction of sp³-hybridized carbons (Fsp3) is 1.00. The topological polar surface area (TPSA) is 0 Å². The lowest BCUT2D eigenvalue weighted by molar-refractivity contribution is -0.0272. The van der Waals surface area contributed by atoms with Crippen LogP contribution in [-0.4, -0.2) is 0 Å². The second-order valence-electron chi connectivity index (χ2n) is 4.95. The van der Waals surface area contributed by atoms with Crippen LogP contribution in [0.15, 0.2) is 0 Å². The smallest absolute Gasteiger partial charge is 0.0295 e. The number of rotatable bonds is 4. The zero-order chi connectivity index (χ0) is 9.19. The van der Waals surface area contributed by atoms with Gasteiger partial charge in [0.2, 0.25) is 0 Å². The summed E-state index contributed by atoms with van der Waals surface area (Å²) in [6.45, 7) is 9.56. The lowest BCUT2D eigenvalue weighted by Crippen LogP contribution is -2.44. The Morgan fingerprint density at radius 2 is 1.92 bits per heavy atom. The normalized spacial score (nSPS) is 41.0. The molecule has 0 aliphatic heterocycles. The maximum Gasteiger partial charge on any atom is -0.0295 e. The minimum atomic E-state index is 0.703. The van der Waals surface area contributed by atoms with Crippen molar-refractivity contribution >= 4 is 0 Å². The van der Waals surface area contributed by atoms with Crippen molar-refractivity contribution in [1.29, 1.82) is 0 Å². The quantitative estimate of drug-likeness (QED) is 0.588. The molecule has 72 valence electrons. The maximum absolute atomic E-state index is 2.48. The fourth-order valence-electron chi connectivity index (χ4n) is 2.99. The molecule has 0 heterocycles. The fourth-order valence-corrected chi connectivity index (χ4v) is 2.99. The first-order valence-corrected chi connectivity index (χ1v) is 5.64. The first kappa shape index (κ1) is 10.1. The molecule has 12 heavy (non-hydrogen) atoms. The summed E-state index contributed by atoms with van der Waals surface area (Å²) in [5, 5.41) is 0. The summed E-state index contributed by atoms with van der Waals surface area (Å²) in [5.74, 6) is 2.03. The van der Waals surface area contributed by atoms with E-state index in [-0.39, 0.29) is 0 Å². The zero-order valence-electron chi connectivity index (χ0n) is 9.19. The van der Waals surface area contributed by atoms with E-state index in [1.165, 1.54) is 32.1 Å². The molecule has 1 fully saturated rings. The predicted molar refractivity (Wildman–Crippen MR) is 55.2 cm³/mol. The van der Waals surface area contributed by atoms with E-state index in [4.69, 9.17) is 0 Å². The molecule has 0 aromatic carbocycles. The SMILES string of the molecule is CCCC1CC(C)(CCC)C1C. The largest absolute Gasteiger partial charge is 0.0654 e. The third kappa shape index (κ3) is 1.67. The van der Waals surface area contributed by atoms with Gasteiger partial charge in [-0.25, -0.2) is 0 Å². The van der Waals surface area contributed by atoms with Crippen molar-refractivity contribution in [1.82, 2.24) is 0 Å². The van der Waals surface area contributed by atoms with Crippen molar-refractivity contribution in [3.05, 3.63) is 0 Å². The molecule has 0 bridgehead atoms. The highest BCUT2D eigenvalue weighted by Crippen LogP contribution is 2.54. The van der Waals surface area contributed by atoms with Crippen LogP contribution in [0.4, 0.5) is 0 Å². The van der Waals surface area contributed by atoms with Gasteiger partial charge in [0.15, 0.2) is 0 Å². The van der Waals surface area contributed by atoms with Crippen molar-refractivity contribution in [2.75, 3.05) is 0 Å². The van der Waals surface area contributed by atoms with E-state index in [1.807, 2.05) is 0 Å². The molecule has 0 amide bonds. The first-order chi connectivity index (χ1) is 5.64. The standard InChI is InChI=1S/C12H24/c1-5-7-11-9-12(4,8-6-2)10(11)3/h10-11H,5-9H2,1-4H3. The maximum atomic E-state index is 2.48. The molecule has 0 aromatic rings. The van der Waals surface area contributed by atoms with Gasteiger partial charge in [0, 0.05) is 0 Å². The Balaban J connectivity index is 2.35. The Morgan fingerprint density at radius 3 is 2.33 bits per heavy atom. The molecule has 1 rings (SSSR count). The molecule has 0 radical (unpaired) electrons. The Hall–Kier alpha value is 0. The minimum Gasteiger partial charge on any atom is -0.0654 e. The summed E-state index contributed by atoms with van der Waals surface area (Å²) in [6, 6.07) is 0. The summed E-state index contributed by atoms with van der Waals surface area (Å²) < 4.78 is 0. The van der Waals surface area contributed by atoms with E-state index in [2.05, 4.69) is 27.7 Å². The van der Waals surface area contributed by atoms with E-state index in [1.54, 1.807) is 0 Å². The second kappa shape index (κ2) is 3.81. The van der Waals surface area contributed by atoms with E-state index in [0.717, 1.165) is 11.8 Å². The highest BCUT2D eigenvalue weighted by Gasteiger charge is 2.45. The van der Waals surface area contributed by atoms with Gasteiger partial charge < -0.3 is 0 Å². The monoisotopic (exact) mass is 168 g/mol. The Labute approximate surface area is 77.7 Å². The van der Waals surface area contributed by atoms with Gasteiger partial charge in [-0.2, -0.15) is 0 Å². The molecule has 0 nitrogen and oxygen atoms in total. The van der Waals surface area contributed by atoms with Gasteiger partial charge >= 0.3 is 0 Å². The number of hydrogen-bond acceptors (Lipinski definition) is 0. The van der Waals surface area contributed by atoms with E-state index in [9.17, 15) is 0 Å². The molecule has 0 spiro atoms. The highest BCUT2D eigenvalue weighted by molar-refractivity contribution is 4.95. The van der Waals surface area contributed by atoms with Crippen molar-refractivity contribution in [2.45, 2.75) is 59.8 Å². The van der Waals surface area contributed by atoms with Gasteiger partial charge in [-0.1, -0.05) is 47.0 Å². The second-order valence-corrected chi connectivity index (χ2v) is 4.95. The third-order valence-electron chi connectivity index (χ3n) is 4.02. The predicted octanol–water partition coefficient (Wildman–Crippen LogP) is 4.25. The van der Waals surface area contributed by atoms with Crippen LogP contribution in [0.1, 0.15) is 59.8 Å². The highest BCUT2D eigenvalue weighted by atomic mass is 14.5. The van der Waals surface area contributed by atoms with Gasteiger partial charge in [0.05, 0.1) is 0 Å². The number of hydrogen-bond donors (Lipinski definition) is 0. The molecule has 0 aromatic heterocycles. The summed E-state index contributed by atoms with van der Waals surface area (Å²) in [5.41, 5.74) is 0.703. The molecular formula is C12H24. The van der Waals surface area contributed by atoms with Gasteiger partial charge in [-0.15, -0.1) is 0 Å². The summed E-state index contributed by atoms with van der Waals surface area (Å²) >= 11 is 0. The molecule has 0 N–H and O–H groups in total. The molecule has 1 aliphatic carbocycles. The van der Waals surface area contributed by atoms with Crippen molar-refractivity contribution in [3.63, 3.8) is 0 Å². The van der Waals surface area contributed by atoms with Crippen molar-refractivity contribution in [2.24, 2.45) is 17.3 Å². The van der Waals surface area contributed by atoms with Gasteiger partial charge in [0.1, 0.15) is 0 Å². The van der Waals surface area contributed by atoms with Crippen LogP contribution in [0, 0.1) is 17.3 Å². The lowest BCUT2D eigenvalue weighted by Gasteiger charge is -2.52. The van der Waals surface area contributed by atoms with E-state index in [0.29, 0.717) is 5.41 Å². The van der Waals surface area contributed by atoms with Crippen LogP contribution in [0.2, 0.25) is 0 Å². The van der Waals surface area contributed by atoms with Crippen LogP contribution in [0.3, 0.4) is 0 Å². The van der Waals surface area contributed by atoms with Crippen LogP contribution >= 0.6 is 0 Å². The molecule has 0 saturated heterocycles. The summed E-state index contributed by atoms with van der Waals surface area (Å²) in [7, 11) is 0. The van der Waals surface area contributed by atoms with Crippen LogP contribution in [0.25, 0.3) is 0 Å². The van der Waals surface area contributed by atoms with Gasteiger partial charge in [-0.3, -0.25) is 0 Å². The average molecular weight is 168 g/mol. The van der Waals surface area contributed by atoms with Crippen molar-refractivity contribution < 1.29 is 0 Å². The lowest BCUT2D eigenvalue weighted by atomic mass is 9.53. The van der Waals surface area contributed by atoms with Gasteiger partial charge in [-0.05, 0) is 30.1 Å². The third-order valence-corrected chi connectivity index (χ3v) is 4.02. The molecule has 1 aliphatic rings.